The summed E-state index contributed by atoms with van der Waals surface area (Å²) in [4.78, 5) is 13.5. The van der Waals surface area contributed by atoms with Crippen LogP contribution in [0.4, 0.5) is 5.69 Å². The van der Waals surface area contributed by atoms with E-state index >= 15 is 0 Å². The summed E-state index contributed by atoms with van der Waals surface area (Å²) in [6.45, 7) is 0. The van der Waals surface area contributed by atoms with Gasteiger partial charge in [-0.2, -0.15) is 0 Å². The molecule has 18 heavy (non-hydrogen) atoms. The minimum absolute atomic E-state index is 0.0780. The molecule has 0 bridgehead atoms. The fraction of sp³-hybridized carbons (Fsp3) is 0.0714. The lowest BCUT2D eigenvalue weighted by Gasteiger charge is -2.05. The number of nitrogen functional groups attached to an aromatic ring is 1. The molecule has 0 radical (unpaired) electrons. The van der Waals surface area contributed by atoms with Crippen molar-refractivity contribution in [2.24, 2.45) is 0 Å². The fourth-order valence-electron chi connectivity index (χ4n) is 1.52. The number of anilines is 1. The summed E-state index contributed by atoms with van der Waals surface area (Å²) in [5.74, 6) is -0.0780. The van der Waals surface area contributed by atoms with Gasteiger partial charge in [0.05, 0.1) is 0 Å². The Morgan fingerprint density at radius 3 is 2.39 bits per heavy atom. The first-order valence-corrected chi connectivity index (χ1v) is 6.37. The Morgan fingerprint density at radius 1 is 1.11 bits per heavy atom. The number of rotatable bonds is 3. The van der Waals surface area contributed by atoms with E-state index in [0.717, 1.165) is 15.5 Å². The van der Waals surface area contributed by atoms with Crippen LogP contribution in [0.2, 0.25) is 0 Å². The molecule has 0 saturated heterocycles. The number of hydrogen-bond acceptors (Lipinski definition) is 3. The molecule has 3 N–H and O–H groups in total. The van der Waals surface area contributed by atoms with E-state index < -0.39 is 0 Å². The molecule has 2 aromatic carbocycles. The van der Waals surface area contributed by atoms with Gasteiger partial charge in [-0.25, -0.2) is 0 Å². The van der Waals surface area contributed by atoms with Crippen LogP contribution in [0, 0.1) is 0 Å². The van der Waals surface area contributed by atoms with Crippen molar-refractivity contribution in [2.75, 3.05) is 12.8 Å². The smallest absolute Gasteiger partial charge is 0.251 e. The number of hydrogen-bond donors (Lipinski definition) is 2. The van der Waals surface area contributed by atoms with Crippen molar-refractivity contribution in [3.8, 4) is 0 Å². The maximum Gasteiger partial charge on any atom is 0.251 e. The fourth-order valence-corrected chi connectivity index (χ4v) is 2.38. The van der Waals surface area contributed by atoms with Crippen molar-refractivity contribution in [3.05, 3.63) is 54.1 Å². The summed E-state index contributed by atoms with van der Waals surface area (Å²) >= 11 is 1.59. The number of benzene rings is 2. The first-order valence-electron chi connectivity index (χ1n) is 5.55. The zero-order valence-electron chi connectivity index (χ0n) is 10.0. The lowest BCUT2D eigenvalue weighted by molar-refractivity contribution is 0.0963. The summed E-state index contributed by atoms with van der Waals surface area (Å²) in [5, 5.41) is 2.59. The molecule has 4 heteroatoms. The van der Waals surface area contributed by atoms with Crippen molar-refractivity contribution >= 4 is 23.4 Å². The summed E-state index contributed by atoms with van der Waals surface area (Å²) in [5.41, 5.74) is 7.30. The van der Waals surface area contributed by atoms with Gasteiger partial charge in [-0.15, -0.1) is 0 Å². The first kappa shape index (κ1) is 12.5. The van der Waals surface area contributed by atoms with Crippen LogP contribution < -0.4 is 11.1 Å². The molecule has 2 aromatic rings. The van der Waals surface area contributed by atoms with Crippen molar-refractivity contribution in [2.45, 2.75) is 9.79 Å². The zero-order chi connectivity index (χ0) is 13.0. The van der Waals surface area contributed by atoms with Gasteiger partial charge in [0.2, 0.25) is 0 Å². The highest BCUT2D eigenvalue weighted by molar-refractivity contribution is 7.99. The monoisotopic (exact) mass is 258 g/mol. The first-order chi connectivity index (χ1) is 8.70. The summed E-state index contributed by atoms with van der Waals surface area (Å²) in [7, 11) is 1.62. The molecular formula is C14H14N2OS. The van der Waals surface area contributed by atoms with Crippen molar-refractivity contribution < 1.29 is 4.79 Å². The lowest BCUT2D eigenvalue weighted by atomic mass is 10.2. The minimum Gasteiger partial charge on any atom is -0.398 e. The highest BCUT2D eigenvalue weighted by Crippen LogP contribution is 2.31. The molecule has 0 spiro atoms. The zero-order valence-corrected chi connectivity index (χ0v) is 10.8. The number of amides is 1. The molecule has 0 atom stereocenters. The van der Waals surface area contributed by atoms with E-state index in [1.54, 1.807) is 30.9 Å². The van der Waals surface area contributed by atoms with Crippen LogP contribution in [-0.2, 0) is 0 Å². The van der Waals surface area contributed by atoms with Gasteiger partial charge in [-0.05, 0) is 36.4 Å². The summed E-state index contributed by atoms with van der Waals surface area (Å²) < 4.78 is 0. The molecule has 0 fully saturated rings. The molecule has 2 rings (SSSR count). The largest absolute Gasteiger partial charge is 0.398 e. The highest BCUT2D eigenvalue weighted by atomic mass is 32.2. The molecule has 3 nitrogen and oxygen atoms in total. The third kappa shape index (κ3) is 2.84. The van der Waals surface area contributed by atoms with Crippen molar-refractivity contribution in [1.29, 1.82) is 0 Å². The average Bonchev–Trinajstić information content (AvgIpc) is 2.41. The Labute approximate surface area is 110 Å². The van der Waals surface area contributed by atoms with Gasteiger partial charge in [0.25, 0.3) is 5.91 Å². The number of carbonyl (C=O) groups excluding carboxylic acids is 1. The van der Waals surface area contributed by atoms with E-state index in [4.69, 9.17) is 5.73 Å². The van der Waals surface area contributed by atoms with Gasteiger partial charge < -0.3 is 11.1 Å². The van der Waals surface area contributed by atoms with Crippen molar-refractivity contribution in [3.63, 3.8) is 0 Å². The number of para-hydroxylation sites is 1. The quantitative estimate of drug-likeness (QED) is 0.832. The van der Waals surface area contributed by atoms with Crippen LogP contribution in [0.15, 0.2) is 58.3 Å². The summed E-state index contributed by atoms with van der Waals surface area (Å²) in [6.07, 6.45) is 0. The van der Waals surface area contributed by atoms with Gasteiger partial charge in [0, 0.05) is 28.1 Å². The highest BCUT2D eigenvalue weighted by Gasteiger charge is 2.04. The standard InChI is InChI=1S/C14H14N2OS/c1-16-14(17)10-6-8-11(9-7-10)18-13-5-3-2-4-12(13)15/h2-9H,15H2,1H3,(H,16,17). The van der Waals surface area contributed by atoms with Gasteiger partial charge in [0.1, 0.15) is 0 Å². The van der Waals surface area contributed by atoms with Crippen LogP contribution in [0.25, 0.3) is 0 Å². The number of nitrogens with two attached hydrogens (primary N) is 1. The van der Waals surface area contributed by atoms with Crippen LogP contribution in [-0.4, -0.2) is 13.0 Å². The molecule has 0 aliphatic heterocycles. The third-order valence-electron chi connectivity index (χ3n) is 2.49. The van der Waals surface area contributed by atoms with E-state index in [-0.39, 0.29) is 5.91 Å². The molecule has 0 aromatic heterocycles. The number of carbonyl (C=O) groups is 1. The SMILES string of the molecule is CNC(=O)c1ccc(Sc2ccccc2N)cc1. The lowest BCUT2D eigenvalue weighted by Crippen LogP contribution is -2.17. The molecule has 0 aliphatic rings. The molecule has 0 heterocycles. The van der Waals surface area contributed by atoms with Gasteiger partial charge in [-0.3, -0.25) is 4.79 Å². The summed E-state index contributed by atoms with van der Waals surface area (Å²) in [6, 6.07) is 15.2. The normalized spacial score (nSPS) is 10.1. The average molecular weight is 258 g/mol. The van der Waals surface area contributed by atoms with Crippen LogP contribution in [0.1, 0.15) is 10.4 Å². The topological polar surface area (TPSA) is 55.1 Å². The van der Waals surface area contributed by atoms with E-state index in [1.165, 1.54) is 0 Å². The van der Waals surface area contributed by atoms with E-state index in [2.05, 4.69) is 5.32 Å². The molecule has 0 saturated carbocycles. The molecule has 0 unspecified atom stereocenters. The predicted molar refractivity (Wildman–Crippen MR) is 74.8 cm³/mol. The second-order valence-corrected chi connectivity index (χ2v) is 4.86. The second-order valence-electron chi connectivity index (χ2n) is 3.74. The Hall–Kier alpha value is -1.94. The van der Waals surface area contributed by atoms with Crippen LogP contribution in [0.5, 0.6) is 0 Å². The second kappa shape index (κ2) is 5.60. The van der Waals surface area contributed by atoms with Crippen LogP contribution >= 0.6 is 11.8 Å². The van der Waals surface area contributed by atoms with Crippen LogP contribution in [0.3, 0.4) is 0 Å². The maximum atomic E-state index is 11.4. The van der Waals surface area contributed by atoms with E-state index in [0.29, 0.717) is 5.56 Å². The molecule has 0 aliphatic carbocycles. The Morgan fingerprint density at radius 2 is 1.78 bits per heavy atom. The molecular weight excluding hydrogens is 244 g/mol. The van der Waals surface area contributed by atoms with Gasteiger partial charge >= 0.3 is 0 Å². The third-order valence-corrected chi connectivity index (χ3v) is 3.59. The molecule has 92 valence electrons. The van der Waals surface area contributed by atoms with Gasteiger partial charge in [0.15, 0.2) is 0 Å². The van der Waals surface area contributed by atoms with Gasteiger partial charge in [-0.1, -0.05) is 23.9 Å². The predicted octanol–water partition coefficient (Wildman–Crippen LogP) is 2.78. The van der Waals surface area contributed by atoms with Crippen molar-refractivity contribution in [1.82, 2.24) is 5.32 Å². The Kier molecular flexibility index (Phi) is 3.89. The van der Waals surface area contributed by atoms with E-state index in [9.17, 15) is 4.79 Å². The van der Waals surface area contributed by atoms with E-state index in [1.807, 2.05) is 36.4 Å². The Balaban J connectivity index is 2.16. The Bertz CT molecular complexity index is 552. The molecule has 1 amide bonds. The number of nitrogens with one attached hydrogen (secondary N) is 1. The minimum atomic E-state index is -0.0780. The maximum absolute atomic E-state index is 11.4.